The molecule has 1 amide bonds. The van der Waals surface area contributed by atoms with Gasteiger partial charge in [-0.1, -0.05) is 18.2 Å². The number of hydrogen-bond donors (Lipinski definition) is 2. The SMILES string of the molecule is Cc1cccc(C(NC(=O)C2CCOCC2)C(=O)O)c1C. The Morgan fingerprint density at radius 2 is 1.95 bits per heavy atom. The second-order valence-electron chi connectivity index (χ2n) is 5.46. The maximum Gasteiger partial charge on any atom is 0.330 e. The number of aryl methyl sites for hydroxylation is 1. The molecule has 0 aromatic heterocycles. The minimum Gasteiger partial charge on any atom is -0.479 e. The van der Waals surface area contributed by atoms with Gasteiger partial charge in [-0.3, -0.25) is 4.79 Å². The number of nitrogens with one attached hydrogen (secondary N) is 1. The van der Waals surface area contributed by atoms with E-state index in [1.165, 1.54) is 0 Å². The first-order valence-electron chi connectivity index (χ1n) is 7.17. The third kappa shape index (κ3) is 3.61. The van der Waals surface area contributed by atoms with Crippen LogP contribution < -0.4 is 5.32 Å². The van der Waals surface area contributed by atoms with Crippen LogP contribution in [0.25, 0.3) is 0 Å². The second-order valence-corrected chi connectivity index (χ2v) is 5.46. The summed E-state index contributed by atoms with van der Waals surface area (Å²) in [6.45, 7) is 4.91. The number of rotatable bonds is 4. The molecule has 5 nitrogen and oxygen atoms in total. The number of amides is 1. The van der Waals surface area contributed by atoms with Crippen molar-refractivity contribution in [3.63, 3.8) is 0 Å². The average Bonchev–Trinajstić information content (AvgIpc) is 2.48. The maximum atomic E-state index is 12.3. The predicted molar refractivity (Wildman–Crippen MR) is 78.0 cm³/mol. The number of ether oxygens (including phenoxy) is 1. The maximum absolute atomic E-state index is 12.3. The van der Waals surface area contributed by atoms with Gasteiger partial charge in [0.25, 0.3) is 0 Å². The number of carboxylic acids is 1. The van der Waals surface area contributed by atoms with Crippen LogP contribution in [0.2, 0.25) is 0 Å². The van der Waals surface area contributed by atoms with Crippen LogP contribution in [0.15, 0.2) is 18.2 Å². The van der Waals surface area contributed by atoms with Gasteiger partial charge in [0.15, 0.2) is 6.04 Å². The van der Waals surface area contributed by atoms with Crippen molar-refractivity contribution in [3.8, 4) is 0 Å². The van der Waals surface area contributed by atoms with Crippen LogP contribution in [0.3, 0.4) is 0 Å². The average molecular weight is 291 g/mol. The van der Waals surface area contributed by atoms with Gasteiger partial charge in [0.1, 0.15) is 0 Å². The monoisotopic (exact) mass is 291 g/mol. The van der Waals surface area contributed by atoms with Crippen LogP contribution in [-0.2, 0) is 14.3 Å². The van der Waals surface area contributed by atoms with Gasteiger partial charge in [-0.2, -0.15) is 0 Å². The zero-order valence-electron chi connectivity index (χ0n) is 12.4. The Morgan fingerprint density at radius 1 is 1.29 bits per heavy atom. The topological polar surface area (TPSA) is 75.6 Å². The molecule has 1 aromatic rings. The van der Waals surface area contributed by atoms with Gasteiger partial charge in [0.2, 0.25) is 5.91 Å². The summed E-state index contributed by atoms with van der Waals surface area (Å²) in [6, 6.07) is 4.50. The van der Waals surface area contributed by atoms with Gasteiger partial charge in [-0.15, -0.1) is 0 Å². The molecule has 0 saturated carbocycles. The van der Waals surface area contributed by atoms with Crippen molar-refractivity contribution >= 4 is 11.9 Å². The van der Waals surface area contributed by atoms with Crippen molar-refractivity contribution in [1.29, 1.82) is 0 Å². The summed E-state index contributed by atoms with van der Waals surface area (Å²) in [5.74, 6) is -1.40. The minimum atomic E-state index is -1.04. The molecule has 1 aliphatic heterocycles. The first-order chi connectivity index (χ1) is 10.0. The molecular weight excluding hydrogens is 270 g/mol. The summed E-state index contributed by atoms with van der Waals surface area (Å²) in [6.07, 6.45) is 1.29. The highest BCUT2D eigenvalue weighted by Crippen LogP contribution is 2.22. The fourth-order valence-electron chi connectivity index (χ4n) is 2.58. The highest BCUT2D eigenvalue weighted by atomic mass is 16.5. The van der Waals surface area contributed by atoms with Crippen LogP contribution in [0, 0.1) is 19.8 Å². The molecule has 1 aliphatic rings. The van der Waals surface area contributed by atoms with Crippen molar-refractivity contribution in [2.75, 3.05) is 13.2 Å². The summed E-state index contributed by atoms with van der Waals surface area (Å²) < 4.78 is 5.23. The molecule has 1 aromatic carbocycles. The van der Waals surface area contributed by atoms with E-state index in [0.29, 0.717) is 31.6 Å². The van der Waals surface area contributed by atoms with Gasteiger partial charge < -0.3 is 15.2 Å². The highest BCUT2D eigenvalue weighted by molar-refractivity contribution is 5.86. The van der Waals surface area contributed by atoms with Crippen molar-refractivity contribution in [2.24, 2.45) is 5.92 Å². The number of aliphatic carboxylic acids is 1. The second kappa shape index (κ2) is 6.72. The Kier molecular flexibility index (Phi) is 4.96. The Morgan fingerprint density at radius 3 is 2.57 bits per heavy atom. The molecule has 2 rings (SSSR count). The summed E-state index contributed by atoms with van der Waals surface area (Å²) in [7, 11) is 0. The smallest absolute Gasteiger partial charge is 0.330 e. The first-order valence-corrected chi connectivity index (χ1v) is 7.17. The predicted octanol–water partition coefficient (Wildman–Crippen LogP) is 1.97. The lowest BCUT2D eigenvalue weighted by atomic mass is 9.95. The molecule has 0 radical (unpaired) electrons. The molecule has 0 spiro atoms. The molecule has 2 N–H and O–H groups in total. The van der Waals surface area contributed by atoms with Gasteiger partial charge in [0, 0.05) is 19.1 Å². The Bertz CT molecular complexity index is 535. The molecule has 1 saturated heterocycles. The Hall–Kier alpha value is -1.88. The molecule has 114 valence electrons. The lowest BCUT2D eigenvalue weighted by molar-refractivity contribution is -0.143. The fraction of sp³-hybridized carbons (Fsp3) is 0.500. The Labute approximate surface area is 124 Å². The molecule has 5 heteroatoms. The van der Waals surface area contributed by atoms with Crippen molar-refractivity contribution in [3.05, 3.63) is 34.9 Å². The summed E-state index contributed by atoms with van der Waals surface area (Å²) in [5, 5.41) is 12.1. The van der Waals surface area contributed by atoms with E-state index in [1.807, 2.05) is 26.0 Å². The number of hydrogen-bond acceptors (Lipinski definition) is 3. The zero-order valence-corrected chi connectivity index (χ0v) is 12.4. The largest absolute Gasteiger partial charge is 0.479 e. The molecular formula is C16H21NO4. The van der Waals surface area contributed by atoms with Crippen molar-refractivity contribution < 1.29 is 19.4 Å². The van der Waals surface area contributed by atoms with Crippen molar-refractivity contribution in [2.45, 2.75) is 32.7 Å². The quantitative estimate of drug-likeness (QED) is 0.889. The Balaban J connectivity index is 2.17. The number of carbonyl (C=O) groups is 2. The van der Waals surface area contributed by atoms with Gasteiger partial charge in [-0.25, -0.2) is 4.79 Å². The molecule has 1 fully saturated rings. The molecule has 0 bridgehead atoms. The van der Waals surface area contributed by atoms with Crippen LogP contribution >= 0.6 is 0 Å². The van der Waals surface area contributed by atoms with Crippen LogP contribution in [0.1, 0.15) is 35.6 Å². The molecule has 1 atom stereocenters. The summed E-state index contributed by atoms with van der Waals surface area (Å²) >= 11 is 0. The number of benzene rings is 1. The standard InChI is InChI=1S/C16H21NO4/c1-10-4-3-5-13(11(10)2)14(16(19)20)17-15(18)12-6-8-21-9-7-12/h3-5,12,14H,6-9H2,1-2H3,(H,17,18)(H,19,20). The molecule has 0 aliphatic carbocycles. The minimum absolute atomic E-state index is 0.161. The van der Waals surface area contributed by atoms with E-state index in [2.05, 4.69) is 5.32 Å². The summed E-state index contributed by atoms with van der Waals surface area (Å²) in [4.78, 5) is 23.8. The zero-order chi connectivity index (χ0) is 15.4. The van der Waals surface area contributed by atoms with Crippen LogP contribution in [0.4, 0.5) is 0 Å². The summed E-state index contributed by atoms with van der Waals surface area (Å²) in [5.41, 5.74) is 2.55. The fourth-order valence-corrected chi connectivity index (χ4v) is 2.58. The van der Waals surface area contributed by atoms with Gasteiger partial charge >= 0.3 is 5.97 Å². The first kappa shape index (κ1) is 15.5. The number of carbonyl (C=O) groups excluding carboxylic acids is 1. The van der Waals surface area contributed by atoms with Gasteiger partial charge in [-0.05, 0) is 43.4 Å². The third-order valence-corrected chi connectivity index (χ3v) is 4.08. The van der Waals surface area contributed by atoms with E-state index in [4.69, 9.17) is 4.74 Å². The highest BCUT2D eigenvalue weighted by Gasteiger charge is 2.28. The van der Waals surface area contributed by atoms with E-state index in [-0.39, 0.29) is 11.8 Å². The third-order valence-electron chi connectivity index (χ3n) is 4.08. The van der Waals surface area contributed by atoms with Crippen molar-refractivity contribution in [1.82, 2.24) is 5.32 Å². The van der Waals surface area contributed by atoms with E-state index in [9.17, 15) is 14.7 Å². The van der Waals surface area contributed by atoms with E-state index >= 15 is 0 Å². The number of carboxylic acid groups (broad SMARTS) is 1. The molecule has 1 heterocycles. The van der Waals surface area contributed by atoms with E-state index in [0.717, 1.165) is 11.1 Å². The lowest BCUT2D eigenvalue weighted by Gasteiger charge is -2.24. The van der Waals surface area contributed by atoms with Crippen LogP contribution in [-0.4, -0.2) is 30.2 Å². The normalized spacial score (nSPS) is 17.2. The molecule has 1 unspecified atom stereocenters. The van der Waals surface area contributed by atoms with Gasteiger partial charge in [0.05, 0.1) is 0 Å². The van der Waals surface area contributed by atoms with E-state index < -0.39 is 12.0 Å². The van der Waals surface area contributed by atoms with E-state index in [1.54, 1.807) is 6.07 Å². The lowest BCUT2D eigenvalue weighted by Crippen LogP contribution is -2.39. The molecule has 21 heavy (non-hydrogen) atoms. The van der Waals surface area contributed by atoms with Crippen LogP contribution in [0.5, 0.6) is 0 Å².